The van der Waals surface area contributed by atoms with Crippen LogP contribution in [0.3, 0.4) is 0 Å². The van der Waals surface area contributed by atoms with Crippen LogP contribution < -0.4 is 5.32 Å². The first-order valence-electron chi connectivity index (χ1n) is 3.81. The van der Waals surface area contributed by atoms with Gasteiger partial charge in [-0.05, 0) is 37.2 Å². The van der Waals surface area contributed by atoms with Crippen LogP contribution in [0.4, 0.5) is 0 Å². The molecule has 1 aromatic heterocycles. The van der Waals surface area contributed by atoms with Gasteiger partial charge in [-0.3, -0.25) is 0 Å². The first-order chi connectivity index (χ1) is 5.77. The molecule has 0 aliphatic heterocycles. The minimum Gasteiger partial charge on any atom is -0.448 e. The molecule has 0 saturated heterocycles. The maximum Gasteiger partial charge on any atom is 0.193 e. The lowest BCUT2D eigenvalue weighted by Crippen LogP contribution is -2.14. The zero-order chi connectivity index (χ0) is 8.97. The van der Waals surface area contributed by atoms with Crippen LogP contribution in [0.25, 0.3) is 0 Å². The van der Waals surface area contributed by atoms with Gasteiger partial charge in [0.2, 0.25) is 0 Å². The molecule has 0 radical (unpaired) electrons. The monoisotopic (exact) mass is 185 g/mol. The molecule has 1 aromatic rings. The molecule has 1 unspecified atom stereocenters. The summed E-state index contributed by atoms with van der Waals surface area (Å²) in [5.41, 5.74) is 0. The molecule has 1 heterocycles. The molecular weight excluding hydrogens is 174 g/mol. The Bertz CT molecular complexity index is 257. The zero-order valence-corrected chi connectivity index (χ0v) is 7.77. The Morgan fingerprint density at radius 2 is 2.50 bits per heavy atom. The van der Waals surface area contributed by atoms with Gasteiger partial charge in [-0.25, -0.2) is 0 Å². The molecule has 0 amide bonds. The van der Waals surface area contributed by atoms with E-state index in [9.17, 15) is 0 Å². The van der Waals surface area contributed by atoms with Gasteiger partial charge in [0.05, 0.1) is 6.04 Å². The summed E-state index contributed by atoms with van der Waals surface area (Å²) in [6.45, 7) is 3.67. The van der Waals surface area contributed by atoms with E-state index in [2.05, 4.69) is 11.9 Å². The average molecular weight is 186 g/mol. The fourth-order valence-electron chi connectivity index (χ4n) is 1.06. The summed E-state index contributed by atoms with van der Waals surface area (Å²) in [4.78, 5) is 0. The number of furan rings is 1. The van der Waals surface area contributed by atoms with Crippen molar-refractivity contribution >= 4 is 11.6 Å². The zero-order valence-electron chi connectivity index (χ0n) is 7.01. The highest BCUT2D eigenvalue weighted by Crippen LogP contribution is 2.21. The quantitative estimate of drug-likeness (QED) is 0.730. The fourth-order valence-corrected chi connectivity index (χ4v) is 1.21. The molecule has 2 nitrogen and oxygen atoms in total. The van der Waals surface area contributed by atoms with Crippen molar-refractivity contribution in [2.45, 2.75) is 12.5 Å². The molecule has 3 heteroatoms. The molecule has 0 bridgehead atoms. The second-order valence-corrected chi connectivity index (χ2v) is 2.88. The minimum absolute atomic E-state index is 0.176. The normalized spacial score (nSPS) is 12.8. The first kappa shape index (κ1) is 9.36. The van der Waals surface area contributed by atoms with Crippen molar-refractivity contribution in [3.8, 4) is 0 Å². The van der Waals surface area contributed by atoms with Crippen LogP contribution in [0.15, 0.2) is 29.2 Å². The molecule has 0 aliphatic carbocycles. The van der Waals surface area contributed by atoms with Crippen LogP contribution in [0.5, 0.6) is 0 Å². The van der Waals surface area contributed by atoms with Gasteiger partial charge >= 0.3 is 0 Å². The van der Waals surface area contributed by atoms with E-state index in [1.807, 2.05) is 19.2 Å². The van der Waals surface area contributed by atoms with Gasteiger partial charge in [0.1, 0.15) is 5.76 Å². The van der Waals surface area contributed by atoms with E-state index in [1.54, 1.807) is 6.07 Å². The van der Waals surface area contributed by atoms with Crippen molar-refractivity contribution in [1.29, 1.82) is 0 Å². The van der Waals surface area contributed by atoms with Crippen molar-refractivity contribution in [1.82, 2.24) is 5.32 Å². The lowest BCUT2D eigenvalue weighted by Gasteiger charge is -2.09. The van der Waals surface area contributed by atoms with Gasteiger partial charge in [0.25, 0.3) is 0 Å². The van der Waals surface area contributed by atoms with E-state index in [-0.39, 0.29) is 6.04 Å². The Balaban J connectivity index is 2.72. The Morgan fingerprint density at radius 1 is 1.75 bits per heavy atom. The summed E-state index contributed by atoms with van der Waals surface area (Å²) in [7, 11) is 1.88. The topological polar surface area (TPSA) is 25.2 Å². The fraction of sp³-hybridized carbons (Fsp3) is 0.333. The predicted molar refractivity (Wildman–Crippen MR) is 50.3 cm³/mol. The van der Waals surface area contributed by atoms with Crippen LogP contribution in [0.2, 0.25) is 5.22 Å². The second-order valence-electron chi connectivity index (χ2n) is 2.51. The van der Waals surface area contributed by atoms with E-state index >= 15 is 0 Å². The standard InChI is InChI=1S/C9H12ClNO/c1-3-4-7(11-2)8-5-6-9(10)12-8/h3,5-7,11H,1,4H2,2H3. The van der Waals surface area contributed by atoms with Crippen molar-refractivity contribution in [2.24, 2.45) is 0 Å². The first-order valence-corrected chi connectivity index (χ1v) is 4.19. The van der Waals surface area contributed by atoms with Gasteiger partial charge < -0.3 is 9.73 Å². The third kappa shape index (κ3) is 2.13. The Kier molecular flexibility index (Phi) is 3.38. The maximum absolute atomic E-state index is 5.64. The molecule has 12 heavy (non-hydrogen) atoms. The largest absolute Gasteiger partial charge is 0.448 e. The Hall–Kier alpha value is -0.730. The summed E-state index contributed by atoms with van der Waals surface area (Å²) in [6.07, 6.45) is 2.68. The van der Waals surface area contributed by atoms with Gasteiger partial charge in [-0.15, -0.1) is 6.58 Å². The van der Waals surface area contributed by atoms with Crippen molar-refractivity contribution in [3.05, 3.63) is 35.8 Å². The Morgan fingerprint density at radius 3 is 2.92 bits per heavy atom. The number of nitrogens with one attached hydrogen (secondary N) is 1. The molecule has 0 spiro atoms. The summed E-state index contributed by atoms with van der Waals surface area (Å²) in [5.74, 6) is 0.849. The molecule has 1 rings (SSSR count). The lowest BCUT2D eigenvalue weighted by molar-refractivity contribution is 0.434. The molecule has 0 aliphatic rings. The molecule has 1 N–H and O–H groups in total. The molecule has 0 saturated carbocycles. The van der Waals surface area contributed by atoms with Crippen LogP contribution >= 0.6 is 11.6 Å². The summed E-state index contributed by atoms with van der Waals surface area (Å²) in [5, 5.41) is 3.53. The number of hydrogen-bond acceptors (Lipinski definition) is 2. The third-order valence-corrected chi connectivity index (χ3v) is 1.89. The average Bonchev–Trinajstić information content (AvgIpc) is 2.47. The third-order valence-electron chi connectivity index (χ3n) is 1.69. The van der Waals surface area contributed by atoms with Crippen molar-refractivity contribution in [3.63, 3.8) is 0 Å². The molecule has 66 valence electrons. The SMILES string of the molecule is C=CCC(NC)c1ccc(Cl)o1. The van der Waals surface area contributed by atoms with Crippen molar-refractivity contribution in [2.75, 3.05) is 7.05 Å². The highest BCUT2D eigenvalue weighted by atomic mass is 35.5. The maximum atomic E-state index is 5.64. The van der Waals surface area contributed by atoms with Crippen LogP contribution in [-0.4, -0.2) is 7.05 Å². The molecule has 0 aromatic carbocycles. The number of hydrogen-bond donors (Lipinski definition) is 1. The predicted octanol–water partition coefficient (Wildman–Crippen LogP) is 2.77. The van der Waals surface area contributed by atoms with E-state index in [1.165, 1.54) is 0 Å². The molecule has 1 atom stereocenters. The highest BCUT2D eigenvalue weighted by molar-refractivity contribution is 6.28. The van der Waals surface area contributed by atoms with Gasteiger partial charge in [-0.1, -0.05) is 6.08 Å². The van der Waals surface area contributed by atoms with Crippen molar-refractivity contribution < 1.29 is 4.42 Å². The highest BCUT2D eigenvalue weighted by Gasteiger charge is 2.10. The molecule has 0 fully saturated rings. The number of halogens is 1. The van der Waals surface area contributed by atoms with Crippen LogP contribution in [-0.2, 0) is 0 Å². The van der Waals surface area contributed by atoms with E-state index in [0.29, 0.717) is 5.22 Å². The summed E-state index contributed by atoms with van der Waals surface area (Å²) >= 11 is 5.64. The van der Waals surface area contributed by atoms with E-state index in [0.717, 1.165) is 12.2 Å². The minimum atomic E-state index is 0.176. The Labute approximate surface area is 77.2 Å². The van der Waals surface area contributed by atoms with E-state index < -0.39 is 0 Å². The van der Waals surface area contributed by atoms with Crippen LogP contribution in [0, 0.1) is 0 Å². The van der Waals surface area contributed by atoms with Crippen LogP contribution in [0.1, 0.15) is 18.2 Å². The number of rotatable bonds is 4. The van der Waals surface area contributed by atoms with Gasteiger partial charge in [-0.2, -0.15) is 0 Å². The smallest absolute Gasteiger partial charge is 0.193 e. The van der Waals surface area contributed by atoms with Gasteiger partial charge in [0.15, 0.2) is 5.22 Å². The summed E-state index contributed by atoms with van der Waals surface area (Å²) < 4.78 is 5.24. The van der Waals surface area contributed by atoms with E-state index in [4.69, 9.17) is 16.0 Å². The summed E-state index contributed by atoms with van der Waals surface area (Å²) in [6, 6.07) is 3.78. The molecular formula is C9H12ClNO. The lowest BCUT2D eigenvalue weighted by atomic mass is 10.1. The second kappa shape index (κ2) is 4.33. The van der Waals surface area contributed by atoms with Gasteiger partial charge in [0, 0.05) is 0 Å².